The maximum Gasteiger partial charge on any atom is 0.137 e. The fourth-order valence-corrected chi connectivity index (χ4v) is 3.45. The van der Waals surface area contributed by atoms with Crippen LogP contribution >= 0.6 is 0 Å². The Hall–Kier alpha value is -1.09. The maximum atomic E-state index is 10.4. The van der Waals surface area contributed by atoms with Crippen LogP contribution in [0.25, 0.3) is 0 Å². The number of hydrogen-bond donors (Lipinski definition) is 1. The molecule has 1 heterocycles. The molecule has 3 unspecified atom stereocenters. The number of ether oxygens (including phenoxy) is 1. The molecule has 3 nitrogen and oxygen atoms in total. The topological polar surface area (TPSA) is 42.4 Å². The van der Waals surface area contributed by atoms with Gasteiger partial charge in [-0.05, 0) is 36.7 Å². The number of fused-ring (bicyclic) bond motifs is 1. The van der Waals surface area contributed by atoms with Gasteiger partial charge in [0.1, 0.15) is 5.75 Å². The number of pyridine rings is 1. The molecule has 0 amide bonds. The van der Waals surface area contributed by atoms with Crippen LogP contribution in [0.2, 0.25) is 0 Å². The number of aliphatic hydroxyl groups is 1. The summed E-state index contributed by atoms with van der Waals surface area (Å²) >= 11 is 0. The second-order valence-electron chi connectivity index (χ2n) is 5.29. The van der Waals surface area contributed by atoms with E-state index in [1.807, 2.05) is 6.07 Å². The molecule has 0 spiro atoms. The fraction of sp³-hybridized carbons (Fsp3) is 0.643. The van der Waals surface area contributed by atoms with Gasteiger partial charge in [-0.15, -0.1) is 0 Å². The van der Waals surface area contributed by atoms with Gasteiger partial charge in [0.15, 0.2) is 0 Å². The van der Waals surface area contributed by atoms with Crippen molar-refractivity contribution in [1.82, 2.24) is 4.98 Å². The molecule has 2 fully saturated rings. The molecule has 17 heavy (non-hydrogen) atoms. The predicted molar refractivity (Wildman–Crippen MR) is 64.7 cm³/mol. The van der Waals surface area contributed by atoms with E-state index in [2.05, 4.69) is 4.98 Å². The molecule has 0 bridgehead atoms. The van der Waals surface area contributed by atoms with Gasteiger partial charge in [-0.3, -0.25) is 4.98 Å². The summed E-state index contributed by atoms with van der Waals surface area (Å²) in [5, 5.41) is 10.4. The first kappa shape index (κ1) is 11.0. The van der Waals surface area contributed by atoms with Crippen molar-refractivity contribution in [3.63, 3.8) is 0 Å². The van der Waals surface area contributed by atoms with Gasteiger partial charge in [-0.2, -0.15) is 0 Å². The molecule has 2 saturated carbocycles. The van der Waals surface area contributed by atoms with E-state index in [9.17, 15) is 5.11 Å². The van der Waals surface area contributed by atoms with E-state index in [4.69, 9.17) is 4.74 Å². The van der Waals surface area contributed by atoms with Gasteiger partial charge in [0.2, 0.25) is 0 Å². The van der Waals surface area contributed by atoms with Crippen LogP contribution in [0.4, 0.5) is 0 Å². The number of nitrogens with zero attached hydrogens (tertiary/aromatic N) is 1. The smallest absolute Gasteiger partial charge is 0.137 e. The molecule has 1 N–H and O–H groups in total. The summed E-state index contributed by atoms with van der Waals surface area (Å²) in [5.74, 6) is 2.70. The molecule has 0 aliphatic heterocycles. The Labute approximate surface area is 102 Å². The van der Waals surface area contributed by atoms with E-state index in [-0.39, 0.29) is 6.10 Å². The Morgan fingerprint density at radius 1 is 1.29 bits per heavy atom. The normalized spacial score (nSPS) is 32.7. The average molecular weight is 233 g/mol. The van der Waals surface area contributed by atoms with E-state index in [1.165, 1.54) is 25.7 Å². The molecular formula is C14H19NO2. The zero-order valence-electron chi connectivity index (χ0n) is 10.2. The van der Waals surface area contributed by atoms with Gasteiger partial charge in [0.25, 0.3) is 0 Å². The van der Waals surface area contributed by atoms with E-state index in [1.54, 1.807) is 19.5 Å². The third kappa shape index (κ3) is 1.93. The lowest BCUT2D eigenvalue weighted by Crippen LogP contribution is -2.03. The Bertz CT molecular complexity index is 395. The summed E-state index contributed by atoms with van der Waals surface area (Å²) < 4.78 is 5.15. The van der Waals surface area contributed by atoms with Crippen molar-refractivity contribution < 1.29 is 9.84 Å². The second-order valence-corrected chi connectivity index (χ2v) is 5.29. The zero-order chi connectivity index (χ0) is 11.8. The lowest BCUT2D eigenvalue weighted by atomic mass is 10.0. The van der Waals surface area contributed by atoms with Crippen LogP contribution in [0.1, 0.15) is 37.4 Å². The van der Waals surface area contributed by atoms with E-state index >= 15 is 0 Å². The standard InChI is InChI=1S/C14H19NO2/c1-17-10-6-9(7-15-8-10)14(16)13-11-4-2-3-5-12(11)13/h6-8,11-14,16H,2-5H2,1H3. The molecule has 2 aliphatic rings. The third-order valence-electron chi connectivity index (χ3n) is 4.40. The van der Waals surface area contributed by atoms with Gasteiger partial charge < -0.3 is 9.84 Å². The first-order valence-electron chi connectivity index (χ1n) is 6.48. The summed E-state index contributed by atoms with van der Waals surface area (Å²) in [5.41, 5.74) is 0.906. The van der Waals surface area contributed by atoms with Gasteiger partial charge in [-0.1, -0.05) is 12.8 Å². The summed E-state index contributed by atoms with van der Waals surface area (Å²) in [4.78, 5) is 4.12. The highest BCUT2D eigenvalue weighted by molar-refractivity contribution is 5.27. The van der Waals surface area contributed by atoms with Crippen molar-refractivity contribution in [3.8, 4) is 5.75 Å². The lowest BCUT2D eigenvalue weighted by Gasteiger charge is -2.11. The number of rotatable bonds is 3. The van der Waals surface area contributed by atoms with Crippen molar-refractivity contribution in [2.24, 2.45) is 17.8 Å². The quantitative estimate of drug-likeness (QED) is 0.872. The fourth-order valence-electron chi connectivity index (χ4n) is 3.45. The van der Waals surface area contributed by atoms with Crippen LogP contribution in [-0.2, 0) is 0 Å². The van der Waals surface area contributed by atoms with E-state index < -0.39 is 0 Å². The Balaban J connectivity index is 1.75. The molecule has 0 radical (unpaired) electrons. The van der Waals surface area contributed by atoms with Gasteiger partial charge >= 0.3 is 0 Å². The molecule has 0 saturated heterocycles. The van der Waals surface area contributed by atoms with Crippen molar-refractivity contribution in [3.05, 3.63) is 24.0 Å². The van der Waals surface area contributed by atoms with Crippen LogP contribution in [0, 0.1) is 17.8 Å². The highest BCUT2D eigenvalue weighted by Crippen LogP contribution is 2.60. The van der Waals surface area contributed by atoms with Gasteiger partial charge in [0.05, 0.1) is 19.4 Å². The predicted octanol–water partition coefficient (Wildman–Crippen LogP) is 2.56. The summed E-state index contributed by atoms with van der Waals surface area (Å²) in [6.07, 6.45) is 8.34. The van der Waals surface area contributed by atoms with Crippen LogP contribution < -0.4 is 4.74 Å². The molecular weight excluding hydrogens is 214 g/mol. The average Bonchev–Trinajstić information content (AvgIpc) is 3.12. The molecule has 3 atom stereocenters. The Morgan fingerprint density at radius 3 is 2.65 bits per heavy atom. The summed E-state index contributed by atoms with van der Waals surface area (Å²) in [6, 6.07) is 1.90. The van der Waals surface area contributed by atoms with Gasteiger partial charge in [-0.25, -0.2) is 0 Å². The highest BCUT2D eigenvalue weighted by atomic mass is 16.5. The first-order valence-corrected chi connectivity index (χ1v) is 6.48. The Morgan fingerprint density at radius 2 is 2.00 bits per heavy atom. The van der Waals surface area contributed by atoms with Crippen molar-refractivity contribution in [1.29, 1.82) is 0 Å². The molecule has 92 valence electrons. The zero-order valence-corrected chi connectivity index (χ0v) is 10.2. The van der Waals surface area contributed by atoms with Crippen molar-refractivity contribution >= 4 is 0 Å². The SMILES string of the molecule is COc1cncc(C(O)C2C3CCCCC32)c1. The summed E-state index contributed by atoms with van der Waals surface area (Å²) in [6.45, 7) is 0. The minimum Gasteiger partial charge on any atom is -0.495 e. The first-order chi connectivity index (χ1) is 8.31. The molecule has 2 aliphatic carbocycles. The summed E-state index contributed by atoms with van der Waals surface area (Å²) in [7, 11) is 1.63. The van der Waals surface area contributed by atoms with Crippen molar-refractivity contribution in [2.75, 3.05) is 7.11 Å². The van der Waals surface area contributed by atoms with Crippen LogP contribution in [-0.4, -0.2) is 17.2 Å². The molecule has 3 heteroatoms. The lowest BCUT2D eigenvalue weighted by molar-refractivity contribution is 0.141. The van der Waals surface area contributed by atoms with E-state index in [0.717, 1.165) is 23.1 Å². The molecule has 3 rings (SSSR count). The number of aromatic nitrogens is 1. The molecule has 1 aromatic heterocycles. The van der Waals surface area contributed by atoms with Crippen LogP contribution in [0.5, 0.6) is 5.75 Å². The van der Waals surface area contributed by atoms with E-state index in [0.29, 0.717) is 5.92 Å². The third-order valence-corrected chi connectivity index (χ3v) is 4.40. The number of hydrogen-bond acceptors (Lipinski definition) is 3. The Kier molecular flexibility index (Phi) is 2.79. The molecule has 1 aromatic rings. The minimum atomic E-state index is -0.356. The van der Waals surface area contributed by atoms with Gasteiger partial charge in [0, 0.05) is 11.8 Å². The monoisotopic (exact) mass is 233 g/mol. The number of methoxy groups -OCH3 is 1. The largest absolute Gasteiger partial charge is 0.495 e. The molecule has 0 aromatic carbocycles. The number of aliphatic hydroxyl groups excluding tert-OH is 1. The minimum absolute atomic E-state index is 0.356. The van der Waals surface area contributed by atoms with Crippen LogP contribution in [0.3, 0.4) is 0 Å². The van der Waals surface area contributed by atoms with Crippen LogP contribution in [0.15, 0.2) is 18.5 Å². The maximum absolute atomic E-state index is 10.4. The second kappa shape index (κ2) is 4.30. The highest BCUT2D eigenvalue weighted by Gasteiger charge is 2.54. The van der Waals surface area contributed by atoms with Crippen molar-refractivity contribution in [2.45, 2.75) is 31.8 Å².